The van der Waals surface area contributed by atoms with Gasteiger partial charge in [-0.1, -0.05) is 35.6 Å². The van der Waals surface area contributed by atoms with E-state index in [4.69, 9.17) is 9.72 Å². The maximum atomic E-state index is 13.4. The zero-order valence-corrected chi connectivity index (χ0v) is 20.2. The van der Waals surface area contributed by atoms with Crippen molar-refractivity contribution in [3.05, 3.63) is 53.6 Å². The van der Waals surface area contributed by atoms with E-state index in [1.54, 1.807) is 43.0 Å². The molecule has 0 aliphatic carbocycles. The molecule has 0 radical (unpaired) electrons. The van der Waals surface area contributed by atoms with Crippen LogP contribution in [0.1, 0.15) is 37.8 Å². The fourth-order valence-electron chi connectivity index (χ4n) is 3.81. The number of ether oxygens (including phenoxy) is 1. The lowest BCUT2D eigenvalue weighted by Crippen LogP contribution is -2.38. The molecular formula is C24H28N2O4S2. The molecule has 4 rings (SSSR count). The third-order valence-electron chi connectivity index (χ3n) is 5.78. The minimum absolute atomic E-state index is 0.00520. The van der Waals surface area contributed by atoms with Crippen LogP contribution < -0.4 is 4.90 Å². The molecule has 1 aliphatic rings. The molecule has 32 heavy (non-hydrogen) atoms. The lowest BCUT2D eigenvalue weighted by atomic mass is 10.1. The summed E-state index contributed by atoms with van der Waals surface area (Å²) in [6.45, 7) is 6.53. The molecule has 2 heterocycles. The van der Waals surface area contributed by atoms with E-state index in [0.29, 0.717) is 11.7 Å². The quantitative estimate of drug-likeness (QED) is 0.505. The van der Waals surface area contributed by atoms with Crippen LogP contribution >= 0.6 is 11.3 Å². The normalized spacial score (nSPS) is 16.7. The first-order valence-corrected chi connectivity index (χ1v) is 13.2. The first kappa shape index (κ1) is 22.9. The van der Waals surface area contributed by atoms with Gasteiger partial charge in [0, 0.05) is 6.61 Å². The lowest BCUT2D eigenvalue weighted by Gasteiger charge is -2.23. The number of hydrogen-bond donors (Lipinski definition) is 0. The van der Waals surface area contributed by atoms with E-state index in [-0.39, 0.29) is 23.3 Å². The molecule has 0 bridgehead atoms. The van der Waals surface area contributed by atoms with E-state index in [0.717, 1.165) is 40.8 Å². The Hall–Kier alpha value is -2.29. The Bertz CT molecular complexity index is 1210. The van der Waals surface area contributed by atoms with Crippen molar-refractivity contribution in [2.45, 2.75) is 56.3 Å². The molecule has 3 aromatic rings. The van der Waals surface area contributed by atoms with Crippen molar-refractivity contribution in [3.8, 4) is 0 Å². The average Bonchev–Trinajstić information content (AvgIpc) is 3.42. The lowest BCUT2D eigenvalue weighted by molar-refractivity contribution is -0.118. The predicted octanol–water partition coefficient (Wildman–Crippen LogP) is 4.54. The molecule has 1 aromatic heterocycles. The fraction of sp³-hybridized carbons (Fsp3) is 0.417. The average molecular weight is 473 g/mol. The number of aromatic nitrogens is 1. The van der Waals surface area contributed by atoms with Crippen LogP contribution in [0.25, 0.3) is 10.2 Å². The highest BCUT2D eigenvalue weighted by atomic mass is 32.2. The highest BCUT2D eigenvalue weighted by Crippen LogP contribution is 2.32. The first-order chi connectivity index (χ1) is 15.3. The Labute approximate surface area is 193 Å². The molecule has 1 fully saturated rings. The second-order valence-electron chi connectivity index (χ2n) is 8.47. The number of para-hydroxylation sites is 1. The van der Waals surface area contributed by atoms with Gasteiger partial charge < -0.3 is 4.74 Å². The van der Waals surface area contributed by atoms with Crippen LogP contribution in [0.15, 0.2) is 47.4 Å². The molecule has 170 valence electrons. The second-order valence-corrected chi connectivity index (χ2v) is 12.0. The number of thiazole rings is 1. The molecule has 0 spiro atoms. The van der Waals surface area contributed by atoms with Gasteiger partial charge in [0.25, 0.3) is 0 Å². The van der Waals surface area contributed by atoms with Crippen LogP contribution in [0.4, 0.5) is 5.13 Å². The van der Waals surface area contributed by atoms with Gasteiger partial charge in [-0.15, -0.1) is 0 Å². The Kier molecular flexibility index (Phi) is 6.65. The third-order valence-corrected chi connectivity index (χ3v) is 8.99. The molecule has 0 saturated carbocycles. The summed E-state index contributed by atoms with van der Waals surface area (Å²) >= 11 is 1.51. The number of rotatable bonds is 7. The zero-order chi connectivity index (χ0) is 22.9. The number of amides is 1. The standard InChI is InChI=1S/C24H28N2O4S2/c1-16(2)32(28,29)20-11-9-18(10-12-20)14-22(27)26(15-19-7-5-13-30-19)24-25-23-17(3)6-4-8-21(23)31-24/h4,6,8-12,16,19H,5,7,13-15H2,1-3H3. The molecule has 8 heteroatoms. The van der Waals surface area contributed by atoms with E-state index in [1.165, 1.54) is 11.3 Å². The van der Waals surface area contributed by atoms with E-state index < -0.39 is 15.1 Å². The number of benzene rings is 2. The van der Waals surface area contributed by atoms with Crippen molar-refractivity contribution in [2.24, 2.45) is 0 Å². The van der Waals surface area contributed by atoms with Crippen molar-refractivity contribution in [3.63, 3.8) is 0 Å². The minimum atomic E-state index is -3.34. The van der Waals surface area contributed by atoms with Gasteiger partial charge in [-0.2, -0.15) is 0 Å². The van der Waals surface area contributed by atoms with Crippen molar-refractivity contribution in [1.29, 1.82) is 0 Å². The summed E-state index contributed by atoms with van der Waals surface area (Å²) in [4.78, 5) is 20.2. The Balaban J connectivity index is 1.59. The smallest absolute Gasteiger partial charge is 0.233 e. The maximum Gasteiger partial charge on any atom is 0.233 e. The largest absolute Gasteiger partial charge is 0.376 e. The topological polar surface area (TPSA) is 76.6 Å². The zero-order valence-electron chi connectivity index (χ0n) is 18.6. The van der Waals surface area contributed by atoms with Crippen molar-refractivity contribution >= 4 is 42.4 Å². The third kappa shape index (κ3) is 4.72. The van der Waals surface area contributed by atoms with E-state index >= 15 is 0 Å². The van der Waals surface area contributed by atoms with Gasteiger partial charge in [-0.05, 0) is 62.9 Å². The van der Waals surface area contributed by atoms with Gasteiger partial charge in [0.2, 0.25) is 5.91 Å². The SMILES string of the molecule is Cc1cccc2sc(N(CC3CCCO3)C(=O)Cc3ccc(S(=O)(=O)C(C)C)cc3)nc12. The van der Waals surface area contributed by atoms with Gasteiger partial charge in [-0.3, -0.25) is 9.69 Å². The van der Waals surface area contributed by atoms with Crippen LogP contribution in [-0.4, -0.2) is 43.8 Å². The molecule has 1 unspecified atom stereocenters. The Morgan fingerprint density at radius 1 is 1.22 bits per heavy atom. The number of carbonyl (C=O) groups excluding carboxylic acids is 1. The minimum Gasteiger partial charge on any atom is -0.376 e. The maximum absolute atomic E-state index is 13.4. The number of nitrogens with zero attached hydrogens (tertiary/aromatic N) is 2. The number of hydrogen-bond acceptors (Lipinski definition) is 6. The summed E-state index contributed by atoms with van der Waals surface area (Å²) in [5.74, 6) is -0.0725. The van der Waals surface area contributed by atoms with Crippen molar-refractivity contribution in [1.82, 2.24) is 4.98 Å². The van der Waals surface area contributed by atoms with Crippen LogP contribution in [0.3, 0.4) is 0 Å². The summed E-state index contributed by atoms with van der Waals surface area (Å²) in [6, 6.07) is 12.7. The Morgan fingerprint density at radius 2 is 1.97 bits per heavy atom. The van der Waals surface area contributed by atoms with E-state index in [9.17, 15) is 13.2 Å². The van der Waals surface area contributed by atoms with Crippen LogP contribution in [0, 0.1) is 6.92 Å². The van der Waals surface area contributed by atoms with Gasteiger partial charge >= 0.3 is 0 Å². The Morgan fingerprint density at radius 3 is 2.59 bits per heavy atom. The molecule has 1 atom stereocenters. The van der Waals surface area contributed by atoms with Crippen LogP contribution in [-0.2, 0) is 25.8 Å². The number of fused-ring (bicyclic) bond motifs is 1. The summed E-state index contributed by atoms with van der Waals surface area (Å²) in [5, 5.41) is 0.188. The summed E-state index contributed by atoms with van der Waals surface area (Å²) in [5.41, 5.74) is 2.77. The highest BCUT2D eigenvalue weighted by Gasteiger charge is 2.27. The molecule has 2 aromatic carbocycles. The number of carbonyl (C=O) groups is 1. The predicted molar refractivity (Wildman–Crippen MR) is 128 cm³/mol. The molecule has 6 nitrogen and oxygen atoms in total. The molecule has 1 amide bonds. The van der Waals surface area contributed by atoms with Crippen molar-refractivity contribution in [2.75, 3.05) is 18.1 Å². The molecular weight excluding hydrogens is 444 g/mol. The highest BCUT2D eigenvalue weighted by molar-refractivity contribution is 7.92. The first-order valence-electron chi connectivity index (χ1n) is 10.9. The van der Waals surface area contributed by atoms with Gasteiger partial charge in [0.15, 0.2) is 15.0 Å². The van der Waals surface area contributed by atoms with Gasteiger partial charge in [0.05, 0.1) is 39.4 Å². The fourth-order valence-corrected chi connectivity index (χ4v) is 5.94. The number of anilines is 1. The van der Waals surface area contributed by atoms with E-state index in [1.807, 2.05) is 25.1 Å². The molecule has 1 saturated heterocycles. The van der Waals surface area contributed by atoms with Gasteiger partial charge in [0.1, 0.15) is 0 Å². The van der Waals surface area contributed by atoms with E-state index in [2.05, 4.69) is 0 Å². The van der Waals surface area contributed by atoms with Crippen LogP contribution in [0.2, 0.25) is 0 Å². The van der Waals surface area contributed by atoms with Crippen molar-refractivity contribution < 1.29 is 17.9 Å². The summed E-state index contributed by atoms with van der Waals surface area (Å²) in [6.07, 6.45) is 2.10. The number of sulfone groups is 1. The summed E-state index contributed by atoms with van der Waals surface area (Å²) < 4.78 is 31.6. The van der Waals surface area contributed by atoms with Gasteiger partial charge in [-0.25, -0.2) is 13.4 Å². The second kappa shape index (κ2) is 9.29. The molecule has 0 N–H and O–H groups in total. The summed E-state index contributed by atoms with van der Waals surface area (Å²) in [7, 11) is -3.34. The molecule has 1 aliphatic heterocycles. The van der Waals surface area contributed by atoms with Crippen LogP contribution in [0.5, 0.6) is 0 Å². The monoisotopic (exact) mass is 472 g/mol. The number of aryl methyl sites for hydroxylation is 1.